The van der Waals surface area contributed by atoms with Gasteiger partial charge in [0.25, 0.3) is 5.56 Å². The predicted molar refractivity (Wildman–Crippen MR) is 66.1 cm³/mol. The predicted octanol–water partition coefficient (Wildman–Crippen LogP) is -0.178. The summed E-state index contributed by atoms with van der Waals surface area (Å²) < 4.78 is 1.81. The first-order valence-corrected chi connectivity index (χ1v) is 6.56. The lowest BCUT2D eigenvalue weighted by atomic mass is 10.00. The van der Waals surface area contributed by atoms with Crippen molar-refractivity contribution in [3.8, 4) is 0 Å². The molecular weight excluding hydrogens is 216 g/mol. The molecule has 1 atom stereocenters. The van der Waals surface area contributed by atoms with Gasteiger partial charge < -0.3 is 10.6 Å². The van der Waals surface area contributed by atoms with Gasteiger partial charge in [-0.15, -0.1) is 0 Å². The SMILES string of the molecule is O=c1c2c([nH]n1CC1CCCNC1)CCNC2. The van der Waals surface area contributed by atoms with Crippen LogP contribution in [0.2, 0.25) is 0 Å². The van der Waals surface area contributed by atoms with E-state index in [-0.39, 0.29) is 5.56 Å². The van der Waals surface area contributed by atoms with E-state index in [1.54, 1.807) is 0 Å². The van der Waals surface area contributed by atoms with Gasteiger partial charge in [-0.3, -0.25) is 14.6 Å². The van der Waals surface area contributed by atoms with Crippen molar-refractivity contribution in [2.24, 2.45) is 5.92 Å². The summed E-state index contributed by atoms with van der Waals surface area (Å²) in [5.74, 6) is 0.592. The number of aromatic amines is 1. The van der Waals surface area contributed by atoms with Crippen molar-refractivity contribution in [3.05, 3.63) is 21.6 Å². The number of fused-ring (bicyclic) bond motifs is 1. The van der Waals surface area contributed by atoms with Gasteiger partial charge in [0.05, 0.1) is 5.56 Å². The molecule has 1 fully saturated rings. The molecule has 1 saturated heterocycles. The fraction of sp³-hybridized carbons (Fsp3) is 0.750. The Balaban J connectivity index is 1.78. The van der Waals surface area contributed by atoms with Gasteiger partial charge in [0, 0.05) is 31.7 Å². The molecule has 17 heavy (non-hydrogen) atoms. The second-order valence-corrected chi connectivity index (χ2v) is 5.12. The summed E-state index contributed by atoms with van der Waals surface area (Å²) in [5.41, 5.74) is 2.26. The Labute approximate surface area is 101 Å². The topological polar surface area (TPSA) is 61.9 Å². The molecule has 0 aromatic carbocycles. The van der Waals surface area contributed by atoms with Gasteiger partial charge in [-0.05, 0) is 31.8 Å². The van der Waals surface area contributed by atoms with Crippen molar-refractivity contribution < 1.29 is 0 Å². The summed E-state index contributed by atoms with van der Waals surface area (Å²) in [5, 5.41) is 9.93. The molecule has 5 nitrogen and oxygen atoms in total. The lowest BCUT2D eigenvalue weighted by Gasteiger charge is -2.22. The van der Waals surface area contributed by atoms with Crippen LogP contribution in [-0.2, 0) is 19.5 Å². The Morgan fingerprint density at radius 3 is 3.00 bits per heavy atom. The van der Waals surface area contributed by atoms with Gasteiger partial charge >= 0.3 is 0 Å². The number of nitrogens with one attached hydrogen (secondary N) is 3. The Kier molecular flexibility index (Phi) is 3.03. The Morgan fingerprint density at radius 1 is 1.29 bits per heavy atom. The molecule has 0 aliphatic carbocycles. The van der Waals surface area contributed by atoms with Crippen LogP contribution in [0, 0.1) is 5.92 Å². The molecule has 3 rings (SSSR count). The maximum Gasteiger partial charge on any atom is 0.271 e. The van der Waals surface area contributed by atoms with Gasteiger partial charge in [-0.25, -0.2) is 0 Å². The summed E-state index contributed by atoms with van der Waals surface area (Å²) >= 11 is 0. The van der Waals surface area contributed by atoms with Crippen molar-refractivity contribution in [1.29, 1.82) is 0 Å². The summed E-state index contributed by atoms with van der Waals surface area (Å²) in [7, 11) is 0. The first kappa shape index (κ1) is 11.0. The van der Waals surface area contributed by atoms with Gasteiger partial charge in [0.1, 0.15) is 0 Å². The van der Waals surface area contributed by atoms with Crippen LogP contribution in [0.25, 0.3) is 0 Å². The molecule has 0 amide bonds. The highest BCUT2D eigenvalue weighted by molar-refractivity contribution is 5.19. The molecule has 2 aliphatic rings. The van der Waals surface area contributed by atoms with E-state index in [2.05, 4.69) is 15.7 Å². The smallest absolute Gasteiger partial charge is 0.271 e. The second-order valence-electron chi connectivity index (χ2n) is 5.12. The minimum atomic E-state index is 0.178. The number of piperidine rings is 1. The van der Waals surface area contributed by atoms with E-state index in [1.165, 1.54) is 12.8 Å². The van der Waals surface area contributed by atoms with E-state index in [0.717, 1.165) is 50.4 Å². The minimum Gasteiger partial charge on any atom is -0.316 e. The van der Waals surface area contributed by atoms with Gasteiger partial charge in [-0.2, -0.15) is 0 Å². The molecule has 3 N–H and O–H groups in total. The molecule has 0 spiro atoms. The van der Waals surface area contributed by atoms with Crippen LogP contribution in [-0.4, -0.2) is 29.4 Å². The molecule has 0 radical (unpaired) electrons. The highest BCUT2D eigenvalue weighted by Crippen LogP contribution is 2.13. The molecule has 0 saturated carbocycles. The van der Waals surface area contributed by atoms with Crippen molar-refractivity contribution in [1.82, 2.24) is 20.4 Å². The number of rotatable bonds is 2. The van der Waals surface area contributed by atoms with Crippen molar-refractivity contribution in [3.63, 3.8) is 0 Å². The zero-order valence-corrected chi connectivity index (χ0v) is 10.1. The standard InChI is InChI=1S/C12H20N4O/c17-12-10-7-14-5-3-11(10)15-16(12)8-9-2-1-4-13-6-9/h9,13-15H,1-8H2. The number of H-pyrrole nitrogens is 1. The Bertz CT molecular complexity index is 442. The van der Waals surface area contributed by atoms with Gasteiger partial charge in [0.2, 0.25) is 0 Å². The highest BCUT2D eigenvalue weighted by Gasteiger charge is 2.20. The number of hydrogen-bond donors (Lipinski definition) is 3. The minimum absolute atomic E-state index is 0.178. The third-order valence-electron chi connectivity index (χ3n) is 3.83. The normalized spacial score (nSPS) is 24.6. The summed E-state index contributed by atoms with van der Waals surface area (Å²) in [6.07, 6.45) is 3.39. The summed E-state index contributed by atoms with van der Waals surface area (Å²) in [6, 6.07) is 0. The van der Waals surface area contributed by atoms with E-state index < -0.39 is 0 Å². The number of nitrogens with zero attached hydrogens (tertiary/aromatic N) is 1. The third kappa shape index (κ3) is 2.17. The van der Waals surface area contributed by atoms with Crippen LogP contribution < -0.4 is 16.2 Å². The van der Waals surface area contributed by atoms with Crippen LogP contribution in [0.15, 0.2) is 4.79 Å². The molecule has 94 valence electrons. The third-order valence-corrected chi connectivity index (χ3v) is 3.83. The molecule has 3 heterocycles. The molecule has 5 heteroatoms. The maximum absolute atomic E-state index is 12.2. The van der Waals surface area contributed by atoms with E-state index in [9.17, 15) is 4.79 Å². The maximum atomic E-state index is 12.2. The average molecular weight is 236 g/mol. The largest absolute Gasteiger partial charge is 0.316 e. The molecule has 2 aliphatic heterocycles. The number of hydrogen-bond acceptors (Lipinski definition) is 3. The van der Waals surface area contributed by atoms with Crippen molar-refractivity contribution in [2.45, 2.75) is 32.4 Å². The summed E-state index contributed by atoms with van der Waals surface area (Å²) in [4.78, 5) is 12.2. The molecular formula is C12H20N4O. The van der Waals surface area contributed by atoms with E-state index in [4.69, 9.17) is 0 Å². The van der Waals surface area contributed by atoms with Crippen LogP contribution in [0.3, 0.4) is 0 Å². The van der Waals surface area contributed by atoms with E-state index in [1.807, 2.05) is 4.68 Å². The quantitative estimate of drug-likeness (QED) is 0.667. The Morgan fingerprint density at radius 2 is 2.24 bits per heavy atom. The van der Waals surface area contributed by atoms with Gasteiger partial charge in [-0.1, -0.05) is 0 Å². The van der Waals surface area contributed by atoms with Gasteiger partial charge in [0.15, 0.2) is 0 Å². The summed E-state index contributed by atoms with van der Waals surface area (Å²) in [6.45, 7) is 4.68. The van der Waals surface area contributed by atoms with Crippen LogP contribution >= 0.6 is 0 Å². The zero-order chi connectivity index (χ0) is 11.7. The second kappa shape index (κ2) is 4.66. The fourth-order valence-corrected chi connectivity index (χ4v) is 2.86. The zero-order valence-electron chi connectivity index (χ0n) is 10.1. The van der Waals surface area contributed by atoms with Crippen LogP contribution in [0.1, 0.15) is 24.1 Å². The lowest BCUT2D eigenvalue weighted by Crippen LogP contribution is -2.35. The Hall–Kier alpha value is -1.07. The highest BCUT2D eigenvalue weighted by atomic mass is 16.1. The van der Waals surface area contributed by atoms with Crippen molar-refractivity contribution in [2.75, 3.05) is 19.6 Å². The lowest BCUT2D eigenvalue weighted by molar-refractivity contribution is 0.321. The molecule has 0 bridgehead atoms. The fourth-order valence-electron chi connectivity index (χ4n) is 2.86. The van der Waals surface area contributed by atoms with Crippen molar-refractivity contribution >= 4 is 0 Å². The van der Waals surface area contributed by atoms with E-state index >= 15 is 0 Å². The number of aromatic nitrogens is 2. The average Bonchev–Trinajstić information content (AvgIpc) is 2.68. The molecule has 1 unspecified atom stereocenters. The van der Waals surface area contributed by atoms with Crippen LogP contribution in [0.4, 0.5) is 0 Å². The first-order valence-electron chi connectivity index (χ1n) is 6.56. The first-order chi connectivity index (χ1) is 8.34. The van der Waals surface area contributed by atoms with E-state index in [0.29, 0.717) is 5.92 Å². The monoisotopic (exact) mass is 236 g/mol. The molecule has 1 aromatic rings. The van der Waals surface area contributed by atoms with Crippen LogP contribution in [0.5, 0.6) is 0 Å². The molecule has 1 aromatic heterocycles.